The van der Waals surface area contributed by atoms with Gasteiger partial charge in [-0.1, -0.05) is 0 Å². The Kier molecular flexibility index (Phi) is 6.25. The van der Waals surface area contributed by atoms with Crippen LogP contribution in [0.15, 0.2) is 18.2 Å². The van der Waals surface area contributed by atoms with Gasteiger partial charge in [0.15, 0.2) is 0 Å². The Balaban J connectivity index is 1.91. The maximum absolute atomic E-state index is 11.8. The van der Waals surface area contributed by atoms with Gasteiger partial charge in [-0.3, -0.25) is 9.59 Å². The molecule has 132 valence electrons. The normalized spacial score (nSPS) is 16.6. The van der Waals surface area contributed by atoms with Gasteiger partial charge in [-0.2, -0.15) is 0 Å². The molecule has 1 aliphatic rings. The lowest BCUT2D eigenvalue weighted by atomic mass is 10.2. The first-order valence-corrected chi connectivity index (χ1v) is 7.80. The second kappa shape index (κ2) is 8.39. The van der Waals surface area contributed by atoms with Crippen LogP contribution in [-0.2, 0) is 9.59 Å². The van der Waals surface area contributed by atoms with Crippen LogP contribution in [0.4, 0.5) is 5.69 Å². The second-order valence-corrected chi connectivity index (χ2v) is 5.55. The van der Waals surface area contributed by atoms with Crippen molar-refractivity contribution in [1.82, 2.24) is 10.6 Å². The number of nitrogens with one attached hydrogen (secondary N) is 2. The summed E-state index contributed by atoms with van der Waals surface area (Å²) < 4.78 is 10.6. The Hall–Kier alpha value is -2.48. The quantitative estimate of drug-likeness (QED) is 0.618. The molecule has 1 fully saturated rings. The van der Waals surface area contributed by atoms with Gasteiger partial charge in [0.05, 0.1) is 27.3 Å². The fourth-order valence-electron chi connectivity index (χ4n) is 2.62. The van der Waals surface area contributed by atoms with Crippen molar-refractivity contribution in [2.45, 2.75) is 12.5 Å². The topological polar surface area (TPSA) is 106 Å². The molecule has 2 amide bonds. The average Bonchev–Trinajstić information content (AvgIpc) is 3.07. The summed E-state index contributed by atoms with van der Waals surface area (Å²) >= 11 is 0. The highest BCUT2D eigenvalue weighted by Crippen LogP contribution is 2.30. The highest BCUT2D eigenvalue weighted by atomic mass is 16.5. The number of carbonyl (C=O) groups excluding carboxylic acids is 2. The number of anilines is 1. The van der Waals surface area contributed by atoms with Crippen molar-refractivity contribution in [1.29, 1.82) is 0 Å². The molecule has 2 rings (SSSR count). The fourth-order valence-corrected chi connectivity index (χ4v) is 2.62. The lowest BCUT2D eigenvalue weighted by Gasteiger charge is -2.20. The molecule has 0 radical (unpaired) electrons. The number of carbonyl (C=O) groups is 2. The van der Waals surface area contributed by atoms with Gasteiger partial charge >= 0.3 is 0 Å². The van der Waals surface area contributed by atoms with E-state index in [0.717, 1.165) is 30.2 Å². The molecule has 0 saturated carbocycles. The lowest BCUT2D eigenvalue weighted by molar-refractivity contribution is -0.125. The Morgan fingerprint density at radius 3 is 2.46 bits per heavy atom. The second-order valence-electron chi connectivity index (χ2n) is 5.55. The van der Waals surface area contributed by atoms with Crippen molar-refractivity contribution < 1.29 is 19.1 Å². The van der Waals surface area contributed by atoms with E-state index in [0.29, 0.717) is 6.54 Å². The van der Waals surface area contributed by atoms with Gasteiger partial charge in [0.2, 0.25) is 11.8 Å². The van der Waals surface area contributed by atoms with Gasteiger partial charge in [0.25, 0.3) is 0 Å². The van der Waals surface area contributed by atoms with Crippen LogP contribution in [0.3, 0.4) is 0 Å². The first-order chi connectivity index (χ1) is 11.5. The molecular formula is C16H24N4O4. The van der Waals surface area contributed by atoms with Crippen molar-refractivity contribution in [3.63, 3.8) is 0 Å². The molecule has 1 unspecified atom stereocenters. The van der Waals surface area contributed by atoms with E-state index in [-0.39, 0.29) is 30.9 Å². The summed E-state index contributed by atoms with van der Waals surface area (Å²) in [7, 11) is 3.22. The van der Waals surface area contributed by atoms with E-state index in [1.54, 1.807) is 14.2 Å². The van der Waals surface area contributed by atoms with Crippen molar-refractivity contribution in [2.75, 3.05) is 45.3 Å². The van der Waals surface area contributed by atoms with Crippen LogP contribution < -0.4 is 30.7 Å². The Morgan fingerprint density at radius 1 is 1.21 bits per heavy atom. The maximum Gasteiger partial charge on any atom is 0.239 e. The van der Waals surface area contributed by atoms with E-state index in [9.17, 15) is 9.59 Å². The van der Waals surface area contributed by atoms with Crippen LogP contribution in [0.5, 0.6) is 11.5 Å². The van der Waals surface area contributed by atoms with Crippen LogP contribution in [0, 0.1) is 0 Å². The largest absolute Gasteiger partial charge is 0.497 e. The summed E-state index contributed by atoms with van der Waals surface area (Å²) in [6, 6.07) is 5.73. The van der Waals surface area contributed by atoms with Crippen molar-refractivity contribution in [3.8, 4) is 11.5 Å². The van der Waals surface area contributed by atoms with Gasteiger partial charge in [0.1, 0.15) is 11.5 Å². The number of benzene rings is 1. The van der Waals surface area contributed by atoms with Gasteiger partial charge in [0, 0.05) is 43.0 Å². The molecule has 0 aromatic heterocycles. The third-order valence-electron chi connectivity index (χ3n) is 3.89. The zero-order chi connectivity index (χ0) is 17.5. The number of hydrogen-bond donors (Lipinski definition) is 3. The van der Waals surface area contributed by atoms with Crippen LogP contribution >= 0.6 is 0 Å². The standard InChI is InChI=1S/C16H24N4O4/c1-23-13-5-12(6-14(7-13)24-2)20-4-3-11(10-20)19-16(22)9-18-15(21)8-17/h5-7,11H,3-4,8-10,17H2,1-2H3,(H,18,21)(H,19,22). The molecule has 1 heterocycles. The van der Waals surface area contributed by atoms with Crippen LogP contribution in [0.2, 0.25) is 0 Å². The first-order valence-electron chi connectivity index (χ1n) is 7.80. The highest BCUT2D eigenvalue weighted by Gasteiger charge is 2.24. The predicted molar refractivity (Wildman–Crippen MR) is 90.4 cm³/mol. The molecule has 4 N–H and O–H groups in total. The lowest BCUT2D eigenvalue weighted by Crippen LogP contribution is -2.44. The average molecular weight is 336 g/mol. The summed E-state index contributed by atoms with van der Waals surface area (Å²) in [5.41, 5.74) is 6.17. The molecule has 0 bridgehead atoms. The van der Waals surface area contributed by atoms with E-state index in [1.165, 1.54) is 0 Å². The molecule has 24 heavy (non-hydrogen) atoms. The summed E-state index contributed by atoms with van der Waals surface area (Å²) in [5, 5.41) is 5.37. The summed E-state index contributed by atoms with van der Waals surface area (Å²) in [5.74, 6) is 0.885. The molecule has 8 nitrogen and oxygen atoms in total. The smallest absolute Gasteiger partial charge is 0.239 e. The highest BCUT2D eigenvalue weighted by molar-refractivity contribution is 5.85. The molecule has 0 spiro atoms. The Labute approximate surface area is 141 Å². The first kappa shape index (κ1) is 17.9. The third-order valence-corrected chi connectivity index (χ3v) is 3.89. The molecule has 1 atom stereocenters. The number of ether oxygens (including phenoxy) is 2. The number of hydrogen-bond acceptors (Lipinski definition) is 6. The fraction of sp³-hybridized carbons (Fsp3) is 0.500. The molecule has 8 heteroatoms. The Bertz CT molecular complexity index is 571. The van der Waals surface area contributed by atoms with E-state index < -0.39 is 0 Å². The number of rotatable bonds is 7. The van der Waals surface area contributed by atoms with Crippen molar-refractivity contribution in [2.24, 2.45) is 5.73 Å². The van der Waals surface area contributed by atoms with Gasteiger partial charge < -0.3 is 30.7 Å². The van der Waals surface area contributed by atoms with Crippen LogP contribution in [0.1, 0.15) is 6.42 Å². The predicted octanol–water partition coefficient (Wildman–Crippen LogP) is -0.526. The Morgan fingerprint density at radius 2 is 1.88 bits per heavy atom. The summed E-state index contributed by atoms with van der Waals surface area (Å²) in [4.78, 5) is 25.1. The number of methoxy groups -OCH3 is 2. The molecule has 1 aromatic rings. The van der Waals surface area contributed by atoms with Crippen LogP contribution in [0.25, 0.3) is 0 Å². The molecule has 1 aromatic carbocycles. The molecule has 1 saturated heterocycles. The van der Waals surface area contributed by atoms with Crippen LogP contribution in [-0.4, -0.2) is 58.3 Å². The minimum Gasteiger partial charge on any atom is -0.497 e. The van der Waals surface area contributed by atoms with E-state index >= 15 is 0 Å². The summed E-state index contributed by atoms with van der Waals surface area (Å²) in [6.45, 7) is 1.32. The number of nitrogens with two attached hydrogens (primary N) is 1. The van der Waals surface area contributed by atoms with E-state index in [1.807, 2.05) is 18.2 Å². The van der Waals surface area contributed by atoms with Crippen molar-refractivity contribution >= 4 is 17.5 Å². The van der Waals surface area contributed by atoms with E-state index in [2.05, 4.69) is 15.5 Å². The number of amides is 2. The zero-order valence-electron chi connectivity index (χ0n) is 14.0. The third kappa shape index (κ3) is 4.76. The van der Waals surface area contributed by atoms with Crippen molar-refractivity contribution in [3.05, 3.63) is 18.2 Å². The minimum atomic E-state index is -0.346. The van der Waals surface area contributed by atoms with Gasteiger partial charge in [-0.15, -0.1) is 0 Å². The zero-order valence-corrected chi connectivity index (χ0v) is 14.0. The summed E-state index contributed by atoms with van der Waals surface area (Å²) in [6.07, 6.45) is 0.829. The minimum absolute atomic E-state index is 0.0319. The molecular weight excluding hydrogens is 312 g/mol. The SMILES string of the molecule is COc1cc(OC)cc(N2CCC(NC(=O)CNC(=O)CN)C2)c1. The van der Waals surface area contributed by atoms with Gasteiger partial charge in [-0.25, -0.2) is 0 Å². The monoisotopic (exact) mass is 336 g/mol. The van der Waals surface area contributed by atoms with E-state index in [4.69, 9.17) is 15.2 Å². The van der Waals surface area contributed by atoms with Gasteiger partial charge in [-0.05, 0) is 6.42 Å². The molecule has 0 aliphatic carbocycles. The maximum atomic E-state index is 11.8. The number of nitrogens with zero attached hydrogens (tertiary/aromatic N) is 1. The molecule has 1 aliphatic heterocycles.